The molecule has 0 heterocycles. The average Bonchev–Trinajstić information content (AvgIpc) is 2.55. The molecular weight excluding hydrogens is 391 g/mol. The first kappa shape index (κ1) is 20.3. The van der Waals surface area contributed by atoms with Gasteiger partial charge in [0.05, 0.1) is 11.3 Å². The number of hydrogen-bond donors (Lipinski definition) is 1. The smallest absolute Gasteiger partial charge is 0.325 e. The van der Waals surface area contributed by atoms with Crippen LogP contribution in [-0.2, 0) is 26.6 Å². The Morgan fingerprint density at radius 1 is 1.12 bits per heavy atom. The maximum absolute atomic E-state index is 13.0. The molecule has 0 fully saturated rings. The number of sulfone groups is 1. The molecule has 1 atom stereocenters. The van der Waals surface area contributed by atoms with E-state index in [1.165, 1.54) is 36.4 Å². The summed E-state index contributed by atoms with van der Waals surface area (Å²) >= 11 is 5.72. The minimum absolute atomic E-state index is 0.331. The molecule has 0 aliphatic rings. The molecule has 1 amide bonds. The Balaban J connectivity index is 2.19. The van der Waals surface area contributed by atoms with Crippen LogP contribution < -0.4 is 5.32 Å². The number of halogens is 4. The van der Waals surface area contributed by atoms with Crippen LogP contribution in [0.5, 0.6) is 0 Å². The van der Waals surface area contributed by atoms with Crippen LogP contribution in [0.4, 0.5) is 18.9 Å². The molecule has 0 aliphatic carbocycles. The molecule has 1 unspecified atom stereocenters. The third-order valence-electron chi connectivity index (χ3n) is 3.70. The fourth-order valence-corrected chi connectivity index (χ4v) is 3.65. The molecule has 0 bridgehead atoms. The van der Waals surface area contributed by atoms with E-state index in [9.17, 15) is 26.4 Å². The zero-order valence-electron chi connectivity index (χ0n) is 13.5. The molecule has 0 saturated heterocycles. The van der Waals surface area contributed by atoms with E-state index in [0.717, 1.165) is 19.1 Å². The van der Waals surface area contributed by atoms with Gasteiger partial charge >= 0.3 is 6.18 Å². The fraction of sp³-hybridized carbons (Fsp3) is 0.235. The predicted octanol–water partition coefficient (Wildman–Crippen LogP) is 4.30. The zero-order chi connectivity index (χ0) is 19.5. The van der Waals surface area contributed by atoms with E-state index in [1.807, 2.05) is 0 Å². The highest BCUT2D eigenvalue weighted by atomic mass is 35.5. The molecule has 140 valence electrons. The molecule has 0 aromatic heterocycles. The second-order valence-corrected chi connectivity index (χ2v) is 8.36. The van der Waals surface area contributed by atoms with Gasteiger partial charge in [-0.25, -0.2) is 8.42 Å². The minimum Gasteiger partial charge on any atom is -0.325 e. The number of carbonyl (C=O) groups is 1. The van der Waals surface area contributed by atoms with Gasteiger partial charge in [-0.15, -0.1) is 0 Å². The lowest BCUT2D eigenvalue weighted by molar-refractivity contribution is -0.138. The Hall–Kier alpha value is -2.06. The lowest BCUT2D eigenvalue weighted by atomic mass is 10.1. The molecule has 2 aromatic carbocycles. The van der Waals surface area contributed by atoms with Crippen LogP contribution in [-0.4, -0.2) is 19.6 Å². The second kappa shape index (κ2) is 7.67. The summed E-state index contributed by atoms with van der Waals surface area (Å²) in [6, 6.07) is 10.4. The molecule has 2 rings (SSSR count). The van der Waals surface area contributed by atoms with Gasteiger partial charge in [-0.05, 0) is 42.8 Å². The summed E-state index contributed by atoms with van der Waals surface area (Å²) in [6.45, 7) is 1.14. The highest BCUT2D eigenvalue weighted by Gasteiger charge is 2.36. The third kappa shape index (κ3) is 4.98. The fourth-order valence-electron chi connectivity index (χ4n) is 2.20. The molecule has 4 nitrogen and oxygen atoms in total. The van der Waals surface area contributed by atoms with Crippen LogP contribution in [0.2, 0.25) is 5.02 Å². The number of benzene rings is 2. The quantitative estimate of drug-likeness (QED) is 0.806. The molecular formula is C17H15ClF3NO3S. The third-order valence-corrected chi connectivity index (χ3v) is 5.96. The summed E-state index contributed by atoms with van der Waals surface area (Å²) in [5.74, 6) is -1.73. The van der Waals surface area contributed by atoms with Crippen molar-refractivity contribution in [1.29, 1.82) is 0 Å². The van der Waals surface area contributed by atoms with Crippen molar-refractivity contribution in [3.05, 3.63) is 64.7 Å². The second-order valence-electron chi connectivity index (χ2n) is 5.60. The first-order chi connectivity index (χ1) is 12.0. The number of anilines is 1. The number of rotatable bonds is 5. The summed E-state index contributed by atoms with van der Waals surface area (Å²) in [7, 11) is -4.16. The summed E-state index contributed by atoms with van der Waals surface area (Å²) < 4.78 is 63.9. The first-order valence-electron chi connectivity index (χ1n) is 7.44. The number of amides is 1. The molecule has 0 radical (unpaired) electrons. The van der Waals surface area contributed by atoms with Gasteiger partial charge < -0.3 is 5.32 Å². The SMILES string of the molecule is CC(C(=O)Nc1ccc(Cl)cc1)S(=O)(=O)Cc1ccccc1C(F)(F)F. The van der Waals surface area contributed by atoms with E-state index in [0.29, 0.717) is 10.7 Å². The zero-order valence-corrected chi connectivity index (χ0v) is 15.1. The summed E-state index contributed by atoms with van der Waals surface area (Å²) in [5, 5.41) is 1.32. The van der Waals surface area contributed by atoms with Gasteiger partial charge in [0.2, 0.25) is 5.91 Å². The van der Waals surface area contributed by atoms with Crippen LogP contribution in [0.15, 0.2) is 48.5 Å². The Morgan fingerprint density at radius 3 is 2.27 bits per heavy atom. The van der Waals surface area contributed by atoms with Crippen molar-refractivity contribution in [1.82, 2.24) is 0 Å². The highest BCUT2D eigenvalue weighted by molar-refractivity contribution is 7.92. The van der Waals surface area contributed by atoms with E-state index in [4.69, 9.17) is 11.6 Å². The molecule has 0 saturated carbocycles. The van der Waals surface area contributed by atoms with Crippen molar-refractivity contribution >= 4 is 33.0 Å². The van der Waals surface area contributed by atoms with Crippen LogP contribution in [0, 0.1) is 0 Å². The molecule has 1 N–H and O–H groups in total. The van der Waals surface area contributed by atoms with E-state index in [-0.39, 0.29) is 0 Å². The summed E-state index contributed by atoms with van der Waals surface area (Å²) in [6.07, 6.45) is -4.68. The Bertz CT molecular complexity index is 896. The Kier molecular flexibility index (Phi) is 5.98. The standard InChI is InChI=1S/C17H15ClF3NO3S/c1-11(16(23)22-14-8-6-13(18)7-9-14)26(24,25)10-12-4-2-3-5-15(12)17(19,20)21/h2-9,11H,10H2,1H3,(H,22,23). The lowest BCUT2D eigenvalue weighted by Crippen LogP contribution is -2.33. The monoisotopic (exact) mass is 405 g/mol. The Labute approximate surface area is 153 Å². The molecule has 26 heavy (non-hydrogen) atoms. The van der Waals surface area contributed by atoms with E-state index in [2.05, 4.69) is 5.32 Å². The molecule has 0 spiro atoms. The van der Waals surface area contributed by atoms with Gasteiger partial charge in [0.1, 0.15) is 5.25 Å². The number of nitrogens with one attached hydrogen (secondary N) is 1. The topological polar surface area (TPSA) is 63.2 Å². The number of hydrogen-bond acceptors (Lipinski definition) is 3. The van der Waals surface area contributed by atoms with Crippen LogP contribution in [0.3, 0.4) is 0 Å². The van der Waals surface area contributed by atoms with Gasteiger partial charge in [0.15, 0.2) is 9.84 Å². The van der Waals surface area contributed by atoms with Crippen molar-refractivity contribution in [3.8, 4) is 0 Å². The Morgan fingerprint density at radius 2 is 1.69 bits per heavy atom. The minimum atomic E-state index is -4.68. The number of carbonyl (C=O) groups excluding carboxylic acids is 1. The van der Waals surface area contributed by atoms with E-state index in [1.54, 1.807) is 0 Å². The van der Waals surface area contributed by atoms with Crippen molar-refractivity contribution in [2.75, 3.05) is 5.32 Å². The highest BCUT2D eigenvalue weighted by Crippen LogP contribution is 2.33. The maximum Gasteiger partial charge on any atom is 0.416 e. The van der Waals surface area contributed by atoms with Gasteiger partial charge in [-0.3, -0.25) is 4.79 Å². The van der Waals surface area contributed by atoms with Crippen LogP contribution >= 0.6 is 11.6 Å². The van der Waals surface area contributed by atoms with E-state index < -0.39 is 44.1 Å². The molecule has 2 aromatic rings. The van der Waals surface area contributed by atoms with Crippen molar-refractivity contribution in [2.45, 2.75) is 24.1 Å². The molecule has 0 aliphatic heterocycles. The normalized spacial score (nSPS) is 13.3. The first-order valence-corrected chi connectivity index (χ1v) is 9.53. The van der Waals surface area contributed by atoms with Gasteiger partial charge in [-0.2, -0.15) is 13.2 Å². The summed E-state index contributed by atoms with van der Waals surface area (Å²) in [4.78, 5) is 12.2. The number of alkyl halides is 3. The maximum atomic E-state index is 13.0. The van der Waals surface area contributed by atoms with Gasteiger partial charge in [0, 0.05) is 10.7 Å². The van der Waals surface area contributed by atoms with Crippen LogP contribution in [0.25, 0.3) is 0 Å². The molecule has 9 heteroatoms. The van der Waals surface area contributed by atoms with Gasteiger partial charge in [0.25, 0.3) is 0 Å². The largest absolute Gasteiger partial charge is 0.416 e. The van der Waals surface area contributed by atoms with Gasteiger partial charge in [-0.1, -0.05) is 29.8 Å². The predicted molar refractivity (Wildman–Crippen MR) is 93.6 cm³/mol. The van der Waals surface area contributed by atoms with Crippen molar-refractivity contribution in [3.63, 3.8) is 0 Å². The van der Waals surface area contributed by atoms with Crippen molar-refractivity contribution in [2.24, 2.45) is 0 Å². The van der Waals surface area contributed by atoms with Crippen molar-refractivity contribution < 1.29 is 26.4 Å². The summed E-state index contributed by atoms with van der Waals surface area (Å²) in [5.41, 5.74) is -1.10. The van der Waals surface area contributed by atoms with E-state index >= 15 is 0 Å². The lowest BCUT2D eigenvalue weighted by Gasteiger charge is -2.16. The van der Waals surface area contributed by atoms with Crippen LogP contribution in [0.1, 0.15) is 18.1 Å². The average molecular weight is 406 g/mol.